The van der Waals surface area contributed by atoms with Crippen molar-refractivity contribution < 1.29 is 29.6 Å². The van der Waals surface area contributed by atoms with Crippen LogP contribution in [-0.2, 0) is 35.3 Å². The van der Waals surface area contributed by atoms with Crippen LogP contribution in [0.25, 0.3) is 0 Å². The Hall–Kier alpha value is -5.69. The van der Waals surface area contributed by atoms with Gasteiger partial charge in [-0.2, -0.15) is 0 Å². The summed E-state index contributed by atoms with van der Waals surface area (Å²) in [5.74, 6) is 6.47. The third-order valence-electron chi connectivity index (χ3n) is 13.8. The molecule has 1 aromatic heterocycles. The molecule has 0 radical (unpaired) electrons. The number of pyridine rings is 1. The average molecular weight is 863 g/mol. The highest BCUT2D eigenvalue weighted by Crippen LogP contribution is 2.46. The predicted octanol–water partition coefficient (Wildman–Crippen LogP) is 9.00. The van der Waals surface area contributed by atoms with Gasteiger partial charge in [-0.25, -0.2) is 4.98 Å². The van der Waals surface area contributed by atoms with Gasteiger partial charge in [0.05, 0.1) is 25.6 Å². The number of aromatic nitrogens is 1. The molecule has 334 valence electrons. The maximum Gasteiger partial charge on any atom is 0.177 e. The van der Waals surface area contributed by atoms with E-state index in [1.165, 1.54) is 7.11 Å². The first-order valence-electron chi connectivity index (χ1n) is 23.2. The highest BCUT2D eigenvalue weighted by molar-refractivity contribution is 6.06. The van der Waals surface area contributed by atoms with Crippen molar-refractivity contribution in [2.45, 2.75) is 110 Å². The minimum Gasteiger partial charge on any atom is -0.504 e. The molecule has 1 fully saturated rings. The smallest absolute Gasteiger partial charge is 0.177 e. The fourth-order valence-corrected chi connectivity index (χ4v) is 10.4. The number of ketones is 2. The molecular formula is C55H64N3O6+. The maximum absolute atomic E-state index is 14.8. The molecule has 9 heteroatoms. The third-order valence-corrected chi connectivity index (χ3v) is 13.8. The van der Waals surface area contributed by atoms with Crippen molar-refractivity contribution in [3.8, 4) is 23.3 Å². The summed E-state index contributed by atoms with van der Waals surface area (Å²) in [5.41, 5.74) is 12.4. The number of fused-ring (bicyclic) bond motifs is 2. The number of anilines is 1. The second-order valence-electron chi connectivity index (χ2n) is 18.5. The summed E-state index contributed by atoms with van der Waals surface area (Å²) in [5, 5.41) is 35.9. The minimum absolute atomic E-state index is 0.0259. The number of aliphatic hydroxyl groups excluding tert-OH is 2. The van der Waals surface area contributed by atoms with Gasteiger partial charge in [-0.1, -0.05) is 85.8 Å². The fraction of sp³-hybridized carbons (Fsp3) is 0.436. The van der Waals surface area contributed by atoms with E-state index < -0.39 is 41.5 Å². The van der Waals surface area contributed by atoms with Gasteiger partial charge in [-0.15, -0.1) is 4.99 Å². The fourth-order valence-electron chi connectivity index (χ4n) is 10.4. The van der Waals surface area contributed by atoms with E-state index in [0.29, 0.717) is 68.0 Å². The standard InChI is InChI=1S/C55H63N3O6/c1-5-12-44(49(60)32-43-29-42(33-58-43)34(2)3)41-27-37(25-36-23-24-57-51(56)28-36)26-39-18-21-45(38-15-10-7-11-16-38)52-40(19-22-48(59)55(63)54(62)47(39)30-41)31-50(64-4)53(61)46(52)20-17-35-13-8-6-9-14-35/h6-11,13-16,23-24,28-29,31,33-34,37,39,41,44-45,47,49,55,60,63H,5,12,17,19-20,22,25-27,30,32H2,1-4H3,(H2-,56,57,61)/p+1. The number of nitrogens with two attached hydrogens (primary N) is 1. The van der Waals surface area contributed by atoms with Gasteiger partial charge in [-0.05, 0) is 129 Å². The number of phenols is 1. The Kier molecular flexibility index (Phi) is 15.4. The number of aromatic hydroxyl groups is 1. The number of nitrogens with zero attached hydrogens (tertiary/aromatic N) is 2. The van der Waals surface area contributed by atoms with Crippen molar-refractivity contribution in [3.63, 3.8) is 0 Å². The lowest BCUT2D eigenvalue weighted by Crippen LogP contribution is -2.39. The summed E-state index contributed by atoms with van der Waals surface area (Å²) in [6, 6.07) is 25.8. The van der Waals surface area contributed by atoms with Gasteiger partial charge in [0.15, 0.2) is 34.9 Å². The molecule has 5 N–H and O–H groups in total. The normalized spacial score (nSPS) is 23.4. The van der Waals surface area contributed by atoms with Crippen LogP contribution in [0.4, 0.5) is 5.82 Å². The quantitative estimate of drug-likeness (QED) is 0.0557. The molecule has 2 aliphatic carbocycles. The molecule has 64 heavy (non-hydrogen) atoms. The van der Waals surface area contributed by atoms with Crippen LogP contribution in [0.3, 0.4) is 0 Å². The Morgan fingerprint density at radius 2 is 1.69 bits per heavy atom. The van der Waals surface area contributed by atoms with Gasteiger partial charge in [0, 0.05) is 35.9 Å². The van der Waals surface area contributed by atoms with Gasteiger partial charge in [0.2, 0.25) is 0 Å². The number of aliphatic imine (C=N–C) groups is 1. The molecular weight excluding hydrogens is 799 g/mol. The number of allylic oxidation sites excluding steroid dienone is 1. The highest BCUT2D eigenvalue weighted by Gasteiger charge is 2.44. The zero-order chi connectivity index (χ0) is 45.3. The second kappa shape index (κ2) is 21.3. The number of benzene rings is 3. The number of phenolic OH excluding ortho intramolecular Hbond substituents is 1. The molecule has 4 aromatic rings. The Labute approximate surface area is 379 Å². The number of hydrogen-bond acceptors (Lipinski definition) is 9. The summed E-state index contributed by atoms with van der Waals surface area (Å²) in [4.78, 5) is 37.9. The molecule has 8 unspecified atom stereocenters. The second-order valence-corrected chi connectivity index (χ2v) is 18.5. The van der Waals surface area contributed by atoms with E-state index in [4.69, 9.17) is 10.5 Å². The summed E-state index contributed by atoms with van der Waals surface area (Å²) in [7, 11) is 1.52. The topological polar surface area (TPSA) is 155 Å². The number of ether oxygens (including phenoxy) is 1. The van der Waals surface area contributed by atoms with Crippen molar-refractivity contribution in [1.29, 1.82) is 0 Å². The number of methoxy groups -OCH3 is 1. The predicted molar refractivity (Wildman–Crippen MR) is 253 cm³/mol. The van der Waals surface area contributed by atoms with Crippen LogP contribution in [0, 0.1) is 53.3 Å². The number of rotatable bonds is 14. The number of hydrogen-bond donors (Lipinski definition) is 4. The number of Topliss-reactive ketones (excluding diaryl/α,β-unsaturated/α-hetero) is 2. The molecule has 7 rings (SSSR count). The number of aryl methyl sites for hydroxylation is 2. The van der Waals surface area contributed by atoms with Crippen molar-refractivity contribution >= 4 is 23.6 Å². The largest absolute Gasteiger partial charge is 0.504 e. The van der Waals surface area contributed by atoms with E-state index >= 15 is 0 Å². The molecule has 0 saturated heterocycles. The van der Waals surface area contributed by atoms with Crippen LogP contribution in [-0.4, -0.2) is 57.4 Å². The summed E-state index contributed by atoms with van der Waals surface area (Å²) in [6.07, 6.45) is 8.64. The van der Waals surface area contributed by atoms with Crippen LogP contribution in [0.15, 0.2) is 102 Å². The molecule has 0 spiro atoms. The number of aliphatic hydroxyl groups is 2. The third kappa shape index (κ3) is 11.0. The summed E-state index contributed by atoms with van der Waals surface area (Å²) in [6.45, 7) is 6.38. The van der Waals surface area contributed by atoms with E-state index in [0.717, 1.165) is 52.3 Å². The van der Waals surface area contributed by atoms with Crippen LogP contribution in [0.1, 0.15) is 105 Å². The Morgan fingerprint density at radius 3 is 2.38 bits per heavy atom. The SMILES string of the molecule is CCCC(C(O)CC1=C[C+](C(C)C)C=N1)C1CC(Cc2ccnc(N)c2)CC2C#CC(c3ccccc3)c3c(cc(OC)c(O)c3CCc3ccccc3)CCC(=O)C(O)C(=O)C2C1. The Morgan fingerprint density at radius 1 is 0.938 bits per heavy atom. The van der Waals surface area contributed by atoms with E-state index in [1.807, 2.05) is 66.9 Å². The van der Waals surface area contributed by atoms with E-state index in [9.17, 15) is 24.9 Å². The summed E-state index contributed by atoms with van der Waals surface area (Å²) < 4.78 is 5.73. The van der Waals surface area contributed by atoms with Crippen LogP contribution < -0.4 is 10.5 Å². The minimum atomic E-state index is -1.83. The molecule has 1 saturated carbocycles. The summed E-state index contributed by atoms with van der Waals surface area (Å²) >= 11 is 0. The van der Waals surface area contributed by atoms with Crippen molar-refractivity contribution in [3.05, 3.63) is 136 Å². The lowest BCUT2D eigenvalue weighted by molar-refractivity contribution is -0.142. The molecule has 9 nitrogen and oxygen atoms in total. The van der Waals surface area contributed by atoms with Crippen molar-refractivity contribution in [1.82, 2.24) is 4.98 Å². The van der Waals surface area contributed by atoms with Gasteiger partial charge >= 0.3 is 0 Å². The first kappa shape index (κ1) is 46.3. The van der Waals surface area contributed by atoms with E-state index in [2.05, 4.69) is 60.8 Å². The monoisotopic (exact) mass is 862 g/mol. The average Bonchev–Trinajstić information content (AvgIpc) is 3.69. The van der Waals surface area contributed by atoms with Gasteiger partial charge in [0.1, 0.15) is 24.0 Å². The maximum atomic E-state index is 14.8. The highest BCUT2D eigenvalue weighted by atomic mass is 16.5. The van der Waals surface area contributed by atoms with Gasteiger partial charge in [0.25, 0.3) is 0 Å². The molecule has 2 heterocycles. The van der Waals surface area contributed by atoms with E-state index in [-0.39, 0.29) is 36.3 Å². The molecule has 3 aromatic carbocycles. The Bertz CT molecular complexity index is 2370. The number of nitrogen functional groups attached to an aromatic ring is 1. The van der Waals surface area contributed by atoms with Crippen LogP contribution >= 0.6 is 0 Å². The Balaban J connectivity index is 1.36. The molecule has 0 amide bonds. The first-order chi connectivity index (χ1) is 30.9. The van der Waals surface area contributed by atoms with Crippen molar-refractivity contribution in [2.75, 3.05) is 12.8 Å². The zero-order valence-electron chi connectivity index (χ0n) is 37.8. The number of carbonyl (C=O) groups is 2. The first-order valence-corrected chi connectivity index (χ1v) is 23.2. The lowest BCUT2D eigenvalue weighted by Gasteiger charge is -2.33. The molecule has 8 atom stereocenters. The van der Waals surface area contributed by atoms with Crippen molar-refractivity contribution in [2.24, 2.45) is 40.5 Å². The van der Waals surface area contributed by atoms with Gasteiger partial charge < -0.3 is 25.8 Å². The molecule has 3 aliphatic rings. The number of carbonyl (C=O) groups excluding carboxylic acids is 2. The van der Waals surface area contributed by atoms with E-state index in [1.54, 1.807) is 12.3 Å². The van der Waals surface area contributed by atoms with Gasteiger partial charge in [-0.3, -0.25) is 9.59 Å². The zero-order valence-corrected chi connectivity index (χ0v) is 37.8. The molecule has 0 bridgehead atoms. The molecule has 1 aliphatic heterocycles. The van der Waals surface area contributed by atoms with Crippen LogP contribution in [0.2, 0.25) is 0 Å². The van der Waals surface area contributed by atoms with Crippen LogP contribution in [0.5, 0.6) is 11.5 Å². The lowest BCUT2D eigenvalue weighted by atomic mass is 9.73.